The molecule has 0 bridgehead atoms. The summed E-state index contributed by atoms with van der Waals surface area (Å²) in [5.74, 6) is 1.46. The van der Waals surface area contributed by atoms with E-state index in [1.54, 1.807) is 0 Å². The minimum absolute atomic E-state index is 0.0145. The van der Waals surface area contributed by atoms with Crippen molar-refractivity contribution in [2.24, 2.45) is 0 Å². The highest BCUT2D eigenvalue weighted by Gasteiger charge is 2.23. The van der Waals surface area contributed by atoms with Gasteiger partial charge in [0.2, 0.25) is 5.91 Å². The minimum Gasteiger partial charge on any atom is -0.354 e. The maximum absolute atomic E-state index is 12.1. The van der Waals surface area contributed by atoms with Crippen LogP contribution in [0, 0.1) is 0 Å². The molecule has 2 atom stereocenters. The highest BCUT2D eigenvalue weighted by molar-refractivity contribution is 7.99. The van der Waals surface area contributed by atoms with Gasteiger partial charge in [0.1, 0.15) is 0 Å². The number of amides is 1. The summed E-state index contributed by atoms with van der Waals surface area (Å²) in [4.78, 5) is 14.4. The monoisotopic (exact) mass is 271 g/mol. The lowest BCUT2D eigenvalue weighted by molar-refractivity contribution is -0.126. The van der Waals surface area contributed by atoms with Crippen LogP contribution in [0.1, 0.15) is 26.2 Å². The fourth-order valence-electron chi connectivity index (χ4n) is 2.57. The maximum atomic E-state index is 12.1. The molecule has 0 radical (unpaired) electrons. The molecule has 2 rings (SSSR count). The van der Waals surface area contributed by atoms with Crippen molar-refractivity contribution in [3.8, 4) is 0 Å². The maximum Gasteiger partial charge on any atom is 0.237 e. The van der Waals surface area contributed by atoms with Gasteiger partial charge in [-0.2, -0.15) is 11.8 Å². The van der Waals surface area contributed by atoms with Crippen LogP contribution in [0.4, 0.5) is 0 Å². The summed E-state index contributed by atoms with van der Waals surface area (Å²) in [6.45, 7) is 6.82. The number of nitrogens with zero attached hydrogens (tertiary/aromatic N) is 1. The number of rotatable bonds is 4. The number of piperazine rings is 1. The Morgan fingerprint density at radius 3 is 2.89 bits per heavy atom. The van der Waals surface area contributed by atoms with E-state index in [1.165, 1.54) is 25.0 Å². The van der Waals surface area contributed by atoms with Crippen LogP contribution in [0.25, 0.3) is 0 Å². The van der Waals surface area contributed by atoms with Gasteiger partial charge in [0.15, 0.2) is 0 Å². The third-order valence-corrected chi connectivity index (χ3v) is 5.25. The minimum atomic E-state index is 0.0145. The molecule has 4 nitrogen and oxygen atoms in total. The topological polar surface area (TPSA) is 44.4 Å². The standard InChI is InChI=1S/C13H25N3OS/c1-11(16-7-5-14-6-8-16)13(17)15-10-12-4-2-3-9-18-12/h11-12,14H,2-10H2,1H3,(H,15,17). The Hall–Kier alpha value is -0.260. The van der Waals surface area contributed by atoms with E-state index in [-0.39, 0.29) is 11.9 Å². The number of hydrogen-bond donors (Lipinski definition) is 2. The molecule has 2 N–H and O–H groups in total. The molecular weight excluding hydrogens is 246 g/mol. The van der Waals surface area contributed by atoms with Crippen LogP contribution in [0.5, 0.6) is 0 Å². The average Bonchev–Trinajstić information content (AvgIpc) is 2.46. The van der Waals surface area contributed by atoms with Gasteiger partial charge in [-0.1, -0.05) is 6.42 Å². The van der Waals surface area contributed by atoms with Crippen LogP contribution in [0.3, 0.4) is 0 Å². The van der Waals surface area contributed by atoms with Gasteiger partial charge in [0, 0.05) is 38.0 Å². The first kappa shape index (κ1) is 14.2. The number of hydrogen-bond acceptors (Lipinski definition) is 4. The summed E-state index contributed by atoms with van der Waals surface area (Å²) in [5.41, 5.74) is 0. The van der Waals surface area contributed by atoms with Crippen LogP contribution >= 0.6 is 11.8 Å². The first-order valence-corrected chi connectivity index (χ1v) is 8.16. The third-order valence-electron chi connectivity index (χ3n) is 3.86. The van der Waals surface area contributed by atoms with Crippen LogP contribution in [-0.4, -0.2) is 60.6 Å². The van der Waals surface area contributed by atoms with Gasteiger partial charge in [-0.3, -0.25) is 9.69 Å². The van der Waals surface area contributed by atoms with Crippen molar-refractivity contribution in [3.63, 3.8) is 0 Å². The van der Waals surface area contributed by atoms with E-state index >= 15 is 0 Å². The molecule has 1 amide bonds. The van der Waals surface area contributed by atoms with Gasteiger partial charge in [0.25, 0.3) is 0 Å². The van der Waals surface area contributed by atoms with E-state index in [4.69, 9.17) is 0 Å². The first-order chi connectivity index (χ1) is 8.77. The lowest BCUT2D eigenvalue weighted by atomic mass is 10.2. The molecule has 18 heavy (non-hydrogen) atoms. The number of carbonyl (C=O) groups is 1. The summed E-state index contributed by atoms with van der Waals surface area (Å²) < 4.78 is 0. The second kappa shape index (κ2) is 7.36. The second-order valence-electron chi connectivity index (χ2n) is 5.20. The fraction of sp³-hybridized carbons (Fsp3) is 0.923. The Morgan fingerprint density at radius 1 is 1.44 bits per heavy atom. The number of nitrogens with one attached hydrogen (secondary N) is 2. The van der Waals surface area contributed by atoms with E-state index in [2.05, 4.69) is 15.5 Å². The predicted octanol–water partition coefficient (Wildman–Crippen LogP) is 0.682. The normalized spacial score (nSPS) is 27.7. The lowest BCUT2D eigenvalue weighted by Gasteiger charge is -2.32. The van der Waals surface area contributed by atoms with Crippen molar-refractivity contribution in [3.05, 3.63) is 0 Å². The van der Waals surface area contributed by atoms with Crippen molar-refractivity contribution >= 4 is 17.7 Å². The molecule has 2 aliphatic rings. The molecule has 0 aromatic heterocycles. The molecule has 5 heteroatoms. The van der Waals surface area contributed by atoms with Gasteiger partial charge in [-0.25, -0.2) is 0 Å². The zero-order chi connectivity index (χ0) is 12.8. The lowest BCUT2D eigenvalue weighted by Crippen LogP contribution is -2.53. The Balaban J connectivity index is 1.69. The van der Waals surface area contributed by atoms with E-state index in [0.29, 0.717) is 5.25 Å². The molecule has 0 aliphatic carbocycles. The first-order valence-electron chi connectivity index (χ1n) is 7.11. The number of thioether (sulfide) groups is 1. The smallest absolute Gasteiger partial charge is 0.237 e. The molecule has 2 aliphatic heterocycles. The molecule has 2 unspecified atom stereocenters. The van der Waals surface area contributed by atoms with Gasteiger partial charge < -0.3 is 10.6 Å². The highest BCUT2D eigenvalue weighted by Crippen LogP contribution is 2.24. The SMILES string of the molecule is CC(C(=O)NCC1CCCCS1)N1CCNCC1. The van der Waals surface area contributed by atoms with Crippen LogP contribution in [0.15, 0.2) is 0 Å². The molecule has 104 valence electrons. The van der Waals surface area contributed by atoms with Crippen molar-refractivity contribution < 1.29 is 4.79 Å². The zero-order valence-electron chi connectivity index (χ0n) is 11.3. The predicted molar refractivity (Wildman–Crippen MR) is 77.0 cm³/mol. The van der Waals surface area contributed by atoms with E-state index < -0.39 is 0 Å². The molecule has 0 aromatic carbocycles. The Kier molecular flexibility index (Phi) is 5.79. The summed E-state index contributed by atoms with van der Waals surface area (Å²) in [7, 11) is 0. The van der Waals surface area contributed by atoms with Gasteiger partial charge >= 0.3 is 0 Å². The highest BCUT2D eigenvalue weighted by atomic mass is 32.2. The van der Waals surface area contributed by atoms with E-state index in [1.807, 2.05) is 18.7 Å². The summed E-state index contributed by atoms with van der Waals surface area (Å²) in [6.07, 6.45) is 3.92. The van der Waals surface area contributed by atoms with Crippen molar-refractivity contribution in [2.75, 3.05) is 38.5 Å². The fourth-order valence-corrected chi connectivity index (χ4v) is 3.80. The molecule has 2 fully saturated rings. The van der Waals surface area contributed by atoms with Crippen LogP contribution < -0.4 is 10.6 Å². The van der Waals surface area contributed by atoms with Crippen molar-refractivity contribution in [1.29, 1.82) is 0 Å². The largest absolute Gasteiger partial charge is 0.354 e. The van der Waals surface area contributed by atoms with Gasteiger partial charge in [-0.05, 0) is 25.5 Å². The molecule has 2 saturated heterocycles. The van der Waals surface area contributed by atoms with Crippen LogP contribution in [0.2, 0.25) is 0 Å². The summed E-state index contributed by atoms with van der Waals surface area (Å²) in [5, 5.41) is 7.08. The van der Waals surface area contributed by atoms with Gasteiger partial charge in [-0.15, -0.1) is 0 Å². The van der Waals surface area contributed by atoms with Crippen molar-refractivity contribution in [1.82, 2.24) is 15.5 Å². The number of carbonyl (C=O) groups excluding carboxylic acids is 1. The van der Waals surface area contributed by atoms with Crippen LogP contribution in [-0.2, 0) is 4.79 Å². The Bertz CT molecular complexity index is 263. The molecule has 0 spiro atoms. The van der Waals surface area contributed by atoms with E-state index in [0.717, 1.165) is 32.7 Å². The summed E-state index contributed by atoms with van der Waals surface area (Å²) >= 11 is 2.01. The molecular formula is C13H25N3OS. The van der Waals surface area contributed by atoms with Crippen molar-refractivity contribution in [2.45, 2.75) is 37.5 Å². The molecule has 0 aromatic rings. The quantitative estimate of drug-likeness (QED) is 0.789. The third kappa shape index (κ3) is 4.14. The molecule has 2 heterocycles. The Morgan fingerprint density at radius 2 is 2.22 bits per heavy atom. The Labute approximate surface area is 114 Å². The van der Waals surface area contributed by atoms with E-state index in [9.17, 15) is 4.79 Å². The summed E-state index contributed by atoms with van der Waals surface area (Å²) in [6, 6.07) is 0.0145. The molecule has 0 saturated carbocycles. The average molecular weight is 271 g/mol. The zero-order valence-corrected chi connectivity index (χ0v) is 12.1. The second-order valence-corrected chi connectivity index (χ2v) is 6.60. The van der Waals surface area contributed by atoms with Gasteiger partial charge in [0.05, 0.1) is 6.04 Å².